The fraction of sp³-hybridized carbons (Fsp3) is 0.300. The summed E-state index contributed by atoms with van der Waals surface area (Å²) in [6.45, 7) is 0.356. The Hall–Kier alpha value is -1.51. The second-order valence-electron chi connectivity index (χ2n) is 2.66. The Labute approximate surface area is 92.3 Å². The molecule has 1 heterocycles. The molecule has 0 radical (unpaired) electrons. The summed E-state index contributed by atoms with van der Waals surface area (Å²) in [4.78, 5) is 12.8. The molecule has 0 fully saturated rings. The molecule has 4 nitrogen and oxygen atoms in total. The number of carbonyl (C=O) groups is 1. The van der Waals surface area contributed by atoms with Crippen LogP contribution in [0.15, 0.2) is 12.1 Å². The van der Waals surface area contributed by atoms with Gasteiger partial charge in [0.2, 0.25) is 0 Å². The van der Waals surface area contributed by atoms with Crippen molar-refractivity contribution in [2.24, 2.45) is 0 Å². The minimum Gasteiger partial charge on any atom is -0.384 e. The van der Waals surface area contributed by atoms with E-state index in [0.717, 1.165) is 9.75 Å². The number of carbonyl (C=O) groups excluding carboxylic acids is 1. The number of aliphatic hydroxyl groups is 1. The molecule has 0 aliphatic heterocycles. The molecule has 0 aliphatic rings. The number of nitrogens with one attached hydrogen (secondary N) is 2. The average molecular weight is 224 g/mol. The molecular formula is C10H12N2O2S. The van der Waals surface area contributed by atoms with Crippen molar-refractivity contribution in [2.75, 3.05) is 13.7 Å². The molecule has 0 atom stereocenters. The monoisotopic (exact) mass is 224 g/mol. The van der Waals surface area contributed by atoms with E-state index in [1.165, 1.54) is 11.3 Å². The van der Waals surface area contributed by atoms with E-state index in [9.17, 15) is 4.79 Å². The summed E-state index contributed by atoms with van der Waals surface area (Å²) in [5.74, 6) is 5.38. The van der Waals surface area contributed by atoms with Crippen LogP contribution in [-0.2, 0) is 6.54 Å². The van der Waals surface area contributed by atoms with Gasteiger partial charge in [0.05, 0.1) is 11.4 Å². The summed E-state index contributed by atoms with van der Waals surface area (Å²) in [5, 5.41) is 13.7. The summed E-state index contributed by atoms with van der Waals surface area (Å²) in [5.41, 5.74) is 0. The highest BCUT2D eigenvalue weighted by Crippen LogP contribution is 2.14. The Morgan fingerprint density at radius 2 is 2.40 bits per heavy atom. The first kappa shape index (κ1) is 11.6. The second kappa shape index (κ2) is 6.06. The van der Waals surface area contributed by atoms with Crippen LogP contribution in [-0.4, -0.2) is 24.8 Å². The Kier molecular flexibility index (Phi) is 4.68. The molecule has 1 rings (SSSR count). The van der Waals surface area contributed by atoms with E-state index in [-0.39, 0.29) is 12.6 Å². The van der Waals surface area contributed by atoms with Crippen LogP contribution in [0.2, 0.25) is 0 Å². The van der Waals surface area contributed by atoms with Crippen molar-refractivity contribution in [1.82, 2.24) is 10.6 Å². The number of rotatable bonds is 2. The Bertz CT molecular complexity index is 390. The zero-order valence-corrected chi connectivity index (χ0v) is 9.15. The second-order valence-corrected chi connectivity index (χ2v) is 3.83. The van der Waals surface area contributed by atoms with E-state index in [4.69, 9.17) is 5.11 Å². The first-order chi connectivity index (χ1) is 7.26. The van der Waals surface area contributed by atoms with Gasteiger partial charge in [-0.25, -0.2) is 4.79 Å². The summed E-state index contributed by atoms with van der Waals surface area (Å²) in [6, 6.07) is 3.57. The van der Waals surface area contributed by atoms with E-state index in [2.05, 4.69) is 22.5 Å². The van der Waals surface area contributed by atoms with Crippen molar-refractivity contribution in [3.8, 4) is 11.8 Å². The average Bonchev–Trinajstić information content (AvgIpc) is 2.71. The molecule has 5 heteroatoms. The number of hydrogen-bond acceptors (Lipinski definition) is 3. The summed E-state index contributed by atoms with van der Waals surface area (Å²) < 4.78 is 0. The summed E-state index contributed by atoms with van der Waals surface area (Å²) in [7, 11) is 1.57. The van der Waals surface area contributed by atoms with Gasteiger partial charge in [0.1, 0.15) is 6.61 Å². The van der Waals surface area contributed by atoms with E-state index in [1.54, 1.807) is 7.05 Å². The molecule has 80 valence electrons. The number of amides is 2. The molecule has 0 aliphatic carbocycles. The van der Waals surface area contributed by atoms with Gasteiger partial charge in [-0.05, 0) is 12.1 Å². The maximum absolute atomic E-state index is 10.9. The SMILES string of the molecule is CNC(=O)NCc1ccc(C#CCO)s1. The predicted octanol–water partition coefficient (Wildman–Crippen LogP) is 0.521. The number of aliphatic hydroxyl groups excluding tert-OH is 1. The molecule has 15 heavy (non-hydrogen) atoms. The van der Waals surface area contributed by atoms with Crippen molar-refractivity contribution in [3.63, 3.8) is 0 Å². The van der Waals surface area contributed by atoms with Crippen LogP contribution < -0.4 is 10.6 Å². The van der Waals surface area contributed by atoms with Crippen LogP contribution >= 0.6 is 11.3 Å². The van der Waals surface area contributed by atoms with Crippen LogP contribution in [0.25, 0.3) is 0 Å². The Balaban J connectivity index is 2.49. The number of thiophene rings is 1. The highest BCUT2D eigenvalue weighted by atomic mass is 32.1. The molecule has 1 aromatic heterocycles. The third kappa shape index (κ3) is 4.02. The number of hydrogen-bond donors (Lipinski definition) is 3. The highest BCUT2D eigenvalue weighted by molar-refractivity contribution is 7.12. The standard InChI is InChI=1S/C10H12N2O2S/c1-11-10(14)12-7-9-5-4-8(15-9)3-2-6-13/h4-5,13H,6-7H2,1H3,(H2,11,12,14). The quantitative estimate of drug-likeness (QED) is 0.641. The van der Waals surface area contributed by atoms with Crippen molar-refractivity contribution in [3.05, 3.63) is 21.9 Å². The minimum atomic E-state index is -0.202. The smallest absolute Gasteiger partial charge is 0.314 e. The molecule has 0 aromatic carbocycles. The van der Waals surface area contributed by atoms with Gasteiger partial charge in [-0.3, -0.25) is 0 Å². The van der Waals surface area contributed by atoms with Gasteiger partial charge in [-0.15, -0.1) is 11.3 Å². The Morgan fingerprint density at radius 1 is 1.60 bits per heavy atom. The molecule has 0 saturated heterocycles. The van der Waals surface area contributed by atoms with Gasteiger partial charge < -0.3 is 15.7 Å². The van der Waals surface area contributed by atoms with E-state index < -0.39 is 0 Å². The fourth-order valence-electron chi connectivity index (χ4n) is 0.923. The normalized spacial score (nSPS) is 8.93. The van der Waals surface area contributed by atoms with Crippen molar-refractivity contribution >= 4 is 17.4 Å². The van der Waals surface area contributed by atoms with E-state index in [1.807, 2.05) is 12.1 Å². The zero-order chi connectivity index (χ0) is 11.1. The molecule has 1 aromatic rings. The first-order valence-corrected chi connectivity index (χ1v) is 5.22. The molecule has 0 unspecified atom stereocenters. The molecule has 0 saturated carbocycles. The molecule has 2 amide bonds. The Morgan fingerprint density at radius 3 is 3.07 bits per heavy atom. The number of urea groups is 1. The van der Waals surface area contributed by atoms with Crippen molar-refractivity contribution in [1.29, 1.82) is 0 Å². The maximum Gasteiger partial charge on any atom is 0.314 e. The lowest BCUT2D eigenvalue weighted by atomic mass is 10.4. The lowest BCUT2D eigenvalue weighted by Gasteiger charge is -2.00. The largest absolute Gasteiger partial charge is 0.384 e. The summed E-state index contributed by atoms with van der Waals surface area (Å²) in [6.07, 6.45) is 0. The third-order valence-electron chi connectivity index (χ3n) is 1.60. The van der Waals surface area contributed by atoms with E-state index >= 15 is 0 Å². The maximum atomic E-state index is 10.9. The van der Waals surface area contributed by atoms with Gasteiger partial charge in [0, 0.05) is 11.9 Å². The lowest BCUT2D eigenvalue weighted by Crippen LogP contribution is -2.31. The van der Waals surface area contributed by atoms with Gasteiger partial charge >= 0.3 is 6.03 Å². The topological polar surface area (TPSA) is 61.4 Å². The van der Waals surface area contributed by atoms with Crippen LogP contribution in [0, 0.1) is 11.8 Å². The first-order valence-electron chi connectivity index (χ1n) is 4.40. The van der Waals surface area contributed by atoms with Crippen LogP contribution in [0.1, 0.15) is 9.75 Å². The van der Waals surface area contributed by atoms with Crippen LogP contribution in [0.4, 0.5) is 4.79 Å². The van der Waals surface area contributed by atoms with Gasteiger partial charge in [-0.1, -0.05) is 11.8 Å². The fourth-order valence-corrected chi connectivity index (χ4v) is 1.74. The highest BCUT2D eigenvalue weighted by Gasteiger charge is 1.99. The van der Waals surface area contributed by atoms with Crippen LogP contribution in [0.3, 0.4) is 0 Å². The van der Waals surface area contributed by atoms with Crippen molar-refractivity contribution in [2.45, 2.75) is 6.54 Å². The van der Waals surface area contributed by atoms with Gasteiger partial charge in [0.25, 0.3) is 0 Å². The van der Waals surface area contributed by atoms with Gasteiger partial charge in [0.15, 0.2) is 0 Å². The van der Waals surface area contributed by atoms with Gasteiger partial charge in [-0.2, -0.15) is 0 Å². The predicted molar refractivity (Wildman–Crippen MR) is 59.6 cm³/mol. The van der Waals surface area contributed by atoms with Crippen molar-refractivity contribution < 1.29 is 9.90 Å². The molecule has 0 spiro atoms. The minimum absolute atomic E-state index is 0.135. The zero-order valence-electron chi connectivity index (χ0n) is 8.33. The molecule has 0 bridgehead atoms. The van der Waals surface area contributed by atoms with E-state index in [0.29, 0.717) is 6.54 Å². The lowest BCUT2D eigenvalue weighted by molar-refractivity contribution is 0.242. The molecule has 3 N–H and O–H groups in total. The third-order valence-corrected chi connectivity index (χ3v) is 2.60. The molecular weight excluding hydrogens is 212 g/mol. The summed E-state index contributed by atoms with van der Waals surface area (Å²) >= 11 is 1.50. The van der Waals surface area contributed by atoms with Crippen LogP contribution in [0.5, 0.6) is 0 Å².